The number of carbonyl (C=O) groups is 1. The first kappa shape index (κ1) is 18.9. The number of carbonyl (C=O) groups excluding carboxylic acids is 1. The van der Waals surface area contributed by atoms with E-state index in [1.165, 1.54) is 6.07 Å². The third-order valence-electron chi connectivity index (χ3n) is 4.49. The van der Waals surface area contributed by atoms with Crippen LogP contribution in [0.2, 0.25) is 0 Å². The quantitative estimate of drug-likeness (QED) is 0.636. The molecule has 3 aromatic rings. The molecule has 3 aromatic heterocycles. The van der Waals surface area contributed by atoms with E-state index in [1.807, 2.05) is 6.92 Å². The average molecular weight is 457 g/mol. The summed E-state index contributed by atoms with van der Waals surface area (Å²) in [5.74, 6) is -0.547. The summed E-state index contributed by atoms with van der Waals surface area (Å²) in [4.78, 5) is 16.7. The van der Waals surface area contributed by atoms with Crippen LogP contribution in [0.4, 0.5) is 13.2 Å². The maximum atomic E-state index is 13.4. The largest absolute Gasteiger partial charge is 0.433 e. The van der Waals surface area contributed by atoms with Gasteiger partial charge in [-0.25, -0.2) is 9.50 Å². The smallest absolute Gasteiger partial charge is 0.345 e. The van der Waals surface area contributed by atoms with E-state index in [2.05, 4.69) is 36.4 Å². The third-order valence-corrected chi connectivity index (χ3v) is 5.16. The van der Waals surface area contributed by atoms with Gasteiger partial charge in [-0.2, -0.15) is 23.4 Å². The highest BCUT2D eigenvalue weighted by Gasteiger charge is 2.37. The number of hydrogen-bond acceptors (Lipinski definition) is 4. The number of rotatable bonds is 5. The van der Waals surface area contributed by atoms with Crippen LogP contribution in [-0.2, 0) is 19.3 Å². The fourth-order valence-corrected chi connectivity index (χ4v) is 3.32. The Bertz CT molecular complexity index is 1050. The molecule has 1 aliphatic carbocycles. The second-order valence-electron chi connectivity index (χ2n) is 6.60. The van der Waals surface area contributed by atoms with Crippen LogP contribution in [0.1, 0.15) is 53.3 Å². The Kier molecular flexibility index (Phi) is 4.64. The molecule has 1 N–H and O–H groups in total. The molecule has 1 aliphatic rings. The molecule has 3 heterocycles. The van der Waals surface area contributed by atoms with E-state index < -0.39 is 17.8 Å². The molecule has 7 nitrogen and oxygen atoms in total. The van der Waals surface area contributed by atoms with Gasteiger partial charge in [0.05, 0.1) is 16.7 Å². The van der Waals surface area contributed by atoms with E-state index in [0.717, 1.165) is 23.4 Å². The molecule has 1 fully saturated rings. The van der Waals surface area contributed by atoms with Crippen molar-refractivity contribution in [2.45, 2.75) is 44.9 Å². The van der Waals surface area contributed by atoms with Crippen LogP contribution in [0, 0.1) is 0 Å². The number of hydrogen-bond donors (Lipinski definition) is 1. The van der Waals surface area contributed by atoms with Crippen molar-refractivity contribution in [1.29, 1.82) is 0 Å². The maximum Gasteiger partial charge on any atom is 0.433 e. The SMILES string of the molecule is CCn1cc(Br)c(CNC(=O)c2cc3nc(C4CC4)cc(C(F)(F)F)n3n2)n1. The summed E-state index contributed by atoms with van der Waals surface area (Å²) >= 11 is 3.36. The first-order valence-electron chi connectivity index (χ1n) is 8.74. The van der Waals surface area contributed by atoms with Crippen molar-refractivity contribution in [2.75, 3.05) is 0 Å². The lowest BCUT2D eigenvalue weighted by Gasteiger charge is -2.10. The summed E-state index contributed by atoms with van der Waals surface area (Å²) in [5.41, 5.74) is -0.0389. The number of fused-ring (bicyclic) bond motifs is 1. The summed E-state index contributed by atoms with van der Waals surface area (Å²) in [7, 11) is 0. The standard InChI is InChI=1S/C17H16BrF3N6O/c1-2-26-8-10(18)13(24-26)7-22-16(28)12-6-15-23-11(9-3-4-9)5-14(17(19,20)21)27(15)25-12/h5-6,8-9H,2-4,7H2,1H3,(H,22,28). The van der Waals surface area contributed by atoms with Crippen molar-refractivity contribution in [3.05, 3.63) is 45.6 Å². The summed E-state index contributed by atoms with van der Waals surface area (Å²) in [6.45, 7) is 2.72. The number of nitrogens with zero attached hydrogens (tertiary/aromatic N) is 5. The van der Waals surface area contributed by atoms with Gasteiger partial charge in [0.15, 0.2) is 11.3 Å². The second-order valence-corrected chi connectivity index (χ2v) is 7.45. The van der Waals surface area contributed by atoms with Crippen molar-refractivity contribution in [2.24, 2.45) is 0 Å². The predicted octanol–water partition coefficient (Wildman–Crippen LogP) is 3.53. The average Bonchev–Trinajstić information content (AvgIpc) is 3.30. The topological polar surface area (TPSA) is 77.1 Å². The molecule has 148 valence electrons. The normalized spacial score (nSPS) is 14.6. The Labute approximate surface area is 166 Å². The number of halogens is 4. The molecule has 28 heavy (non-hydrogen) atoms. The zero-order valence-electron chi connectivity index (χ0n) is 14.8. The Hall–Kier alpha value is -2.43. The number of aryl methyl sites for hydroxylation is 1. The highest BCUT2D eigenvalue weighted by atomic mass is 79.9. The zero-order valence-corrected chi connectivity index (χ0v) is 16.4. The second kappa shape index (κ2) is 6.87. The lowest BCUT2D eigenvalue weighted by molar-refractivity contribution is -0.142. The number of nitrogens with one attached hydrogen (secondary N) is 1. The van der Waals surface area contributed by atoms with Crippen LogP contribution >= 0.6 is 15.9 Å². The minimum Gasteiger partial charge on any atom is -0.345 e. The molecule has 0 unspecified atom stereocenters. The Morgan fingerprint density at radius 2 is 2.07 bits per heavy atom. The molecule has 4 rings (SSSR count). The molecule has 0 atom stereocenters. The molecule has 0 aromatic carbocycles. The van der Waals surface area contributed by atoms with Crippen LogP contribution in [0.25, 0.3) is 5.65 Å². The molecule has 0 radical (unpaired) electrons. The van der Waals surface area contributed by atoms with Crippen molar-refractivity contribution < 1.29 is 18.0 Å². The number of amides is 1. The van der Waals surface area contributed by atoms with E-state index in [0.29, 0.717) is 22.4 Å². The first-order valence-corrected chi connectivity index (χ1v) is 9.53. The monoisotopic (exact) mass is 456 g/mol. The van der Waals surface area contributed by atoms with E-state index in [1.54, 1.807) is 10.9 Å². The van der Waals surface area contributed by atoms with Crippen LogP contribution in [0.15, 0.2) is 22.8 Å². The van der Waals surface area contributed by atoms with Crippen LogP contribution < -0.4 is 5.32 Å². The lowest BCUT2D eigenvalue weighted by Crippen LogP contribution is -2.24. The third kappa shape index (κ3) is 3.62. The van der Waals surface area contributed by atoms with Crippen molar-refractivity contribution in [1.82, 2.24) is 29.7 Å². The van der Waals surface area contributed by atoms with Gasteiger partial charge in [-0.3, -0.25) is 9.48 Å². The van der Waals surface area contributed by atoms with Crippen LogP contribution in [-0.4, -0.2) is 30.3 Å². The summed E-state index contributed by atoms with van der Waals surface area (Å²) in [5, 5.41) is 10.8. The molecule has 1 amide bonds. The van der Waals surface area contributed by atoms with Gasteiger partial charge in [-0.05, 0) is 41.8 Å². The minimum absolute atomic E-state index is 0.0123. The van der Waals surface area contributed by atoms with Gasteiger partial charge in [0.1, 0.15) is 5.69 Å². The Morgan fingerprint density at radius 3 is 2.68 bits per heavy atom. The molecule has 0 aliphatic heterocycles. The van der Waals surface area contributed by atoms with Gasteiger partial charge in [-0.15, -0.1) is 0 Å². The van der Waals surface area contributed by atoms with Gasteiger partial charge in [0.25, 0.3) is 5.91 Å². The van der Waals surface area contributed by atoms with Gasteiger partial charge >= 0.3 is 6.18 Å². The molecule has 0 saturated heterocycles. The van der Waals surface area contributed by atoms with Crippen LogP contribution in [0.3, 0.4) is 0 Å². The lowest BCUT2D eigenvalue weighted by atomic mass is 10.2. The molecule has 1 saturated carbocycles. The van der Waals surface area contributed by atoms with E-state index in [-0.39, 0.29) is 23.8 Å². The van der Waals surface area contributed by atoms with Crippen molar-refractivity contribution in [3.8, 4) is 0 Å². The van der Waals surface area contributed by atoms with Gasteiger partial charge in [0, 0.05) is 30.4 Å². The molecular formula is C17H16BrF3N6O. The van der Waals surface area contributed by atoms with E-state index >= 15 is 0 Å². The number of aromatic nitrogens is 5. The van der Waals surface area contributed by atoms with Gasteiger partial charge in [-0.1, -0.05) is 0 Å². The molecular weight excluding hydrogens is 441 g/mol. The molecule has 0 bridgehead atoms. The molecule has 11 heteroatoms. The number of alkyl halides is 3. The van der Waals surface area contributed by atoms with Crippen LogP contribution in [0.5, 0.6) is 0 Å². The maximum absolute atomic E-state index is 13.4. The fraction of sp³-hybridized carbons (Fsp3) is 0.412. The van der Waals surface area contributed by atoms with Crippen molar-refractivity contribution in [3.63, 3.8) is 0 Å². The summed E-state index contributed by atoms with van der Waals surface area (Å²) in [6, 6.07) is 2.30. The van der Waals surface area contributed by atoms with Crippen molar-refractivity contribution >= 4 is 27.5 Å². The Balaban J connectivity index is 1.61. The predicted molar refractivity (Wildman–Crippen MR) is 96.7 cm³/mol. The minimum atomic E-state index is -4.59. The molecule has 0 spiro atoms. The highest BCUT2D eigenvalue weighted by molar-refractivity contribution is 9.10. The van der Waals surface area contributed by atoms with E-state index in [4.69, 9.17) is 0 Å². The fourth-order valence-electron chi connectivity index (χ4n) is 2.87. The summed E-state index contributed by atoms with van der Waals surface area (Å²) < 4.78 is 43.4. The highest BCUT2D eigenvalue weighted by Crippen LogP contribution is 2.41. The first-order chi connectivity index (χ1) is 13.3. The zero-order chi connectivity index (χ0) is 20.1. The Morgan fingerprint density at radius 1 is 1.32 bits per heavy atom. The summed E-state index contributed by atoms with van der Waals surface area (Å²) in [6.07, 6.45) is -1.17. The van der Waals surface area contributed by atoms with Gasteiger partial charge in [0.2, 0.25) is 0 Å². The van der Waals surface area contributed by atoms with Gasteiger partial charge < -0.3 is 5.32 Å². The van der Waals surface area contributed by atoms with E-state index in [9.17, 15) is 18.0 Å².